The normalized spacial score (nSPS) is 13.1. The summed E-state index contributed by atoms with van der Waals surface area (Å²) >= 11 is 5.87. The van der Waals surface area contributed by atoms with E-state index in [1.54, 1.807) is 37.3 Å². The van der Waals surface area contributed by atoms with Gasteiger partial charge in [-0.2, -0.15) is 0 Å². The predicted molar refractivity (Wildman–Crippen MR) is 113 cm³/mol. The minimum atomic E-state index is -3.67. The van der Waals surface area contributed by atoms with Crippen LogP contribution in [0.25, 0.3) is 0 Å². The standard InChI is InChI=1S/C18H22ClN3O5S2/c1-12-4-9-15(29(26,27)20-2)10-16(12)21-18(23)11-17(22-28(3,24)25)13-5-7-14(19)8-6-13/h4-10,17,20,22H,11H2,1-3H3,(H,21,23). The smallest absolute Gasteiger partial charge is 0.240 e. The Morgan fingerprint density at radius 3 is 2.24 bits per heavy atom. The van der Waals surface area contributed by atoms with Crippen LogP contribution in [0.2, 0.25) is 5.02 Å². The van der Waals surface area contributed by atoms with Gasteiger partial charge in [0.15, 0.2) is 0 Å². The molecule has 0 aliphatic heterocycles. The minimum Gasteiger partial charge on any atom is -0.326 e. The molecule has 1 unspecified atom stereocenters. The number of anilines is 1. The Hall–Kier alpha value is -1.98. The Morgan fingerprint density at radius 2 is 1.69 bits per heavy atom. The third-order valence-corrected chi connectivity index (χ3v) is 6.46. The molecular weight excluding hydrogens is 438 g/mol. The summed E-state index contributed by atoms with van der Waals surface area (Å²) in [5, 5.41) is 3.13. The van der Waals surface area contributed by atoms with Gasteiger partial charge in [-0.05, 0) is 49.4 Å². The summed E-state index contributed by atoms with van der Waals surface area (Å²) in [4.78, 5) is 12.6. The molecule has 0 aromatic heterocycles. The topological polar surface area (TPSA) is 121 Å². The molecule has 29 heavy (non-hydrogen) atoms. The van der Waals surface area contributed by atoms with Gasteiger partial charge in [-0.1, -0.05) is 29.8 Å². The Labute approximate surface area is 175 Å². The maximum Gasteiger partial charge on any atom is 0.240 e. The van der Waals surface area contributed by atoms with Gasteiger partial charge in [-0.3, -0.25) is 4.79 Å². The van der Waals surface area contributed by atoms with Crippen molar-refractivity contribution in [3.05, 3.63) is 58.6 Å². The first-order valence-corrected chi connectivity index (χ1v) is 12.2. The fraction of sp³-hybridized carbons (Fsp3) is 0.278. The van der Waals surface area contributed by atoms with Gasteiger partial charge in [-0.25, -0.2) is 26.3 Å². The lowest BCUT2D eigenvalue weighted by Gasteiger charge is -2.18. The van der Waals surface area contributed by atoms with Crippen LogP contribution < -0.4 is 14.8 Å². The highest BCUT2D eigenvalue weighted by atomic mass is 35.5. The number of halogens is 1. The number of carbonyl (C=O) groups is 1. The summed E-state index contributed by atoms with van der Waals surface area (Å²) in [5.41, 5.74) is 1.55. The van der Waals surface area contributed by atoms with E-state index in [1.807, 2.05) is 0 Å². The van der Waals surface area contributed by atoms with E-state index >= 15 is 0 Å². The first kappa shape index (κ1) is 23.3. The molecule has 158 valence electrons. The van der Waals surface area contributed by atoms with Crippen molar-refractivity contribution >= 4 is 43.2 Å². The number of amides is 1. The maximum absolute atomic E-state index is 12.6. The number of aryl methyl sites for hydroxylation is 1. The maximum atomic E-state index is 12.6. The second-order valence-electron chi connectivity index (χ2n) is 6.43. The van der Waals surface area contributed by atoms with Crippen molar-refractivity contribution < 1.29 is 21.6 Å². The van der Waals surface area contributed by atoms with E-state index in [9.17, 15) is 21.6 Å². The second kappa shape index (κ2) is 9.23. The molecule has 2 aromatic carbocycles. The third kappa shape index (κ3) is 6.79. The van der Waals surface area contributed by atoms with Gasteiger partial charge in [0, 0.05) is 17.1 Å². The lowest BCUT2D eigenvalue weighted by molar-refractivity contribution is -0.116. The van der Waals surface area contributed by atoms with Crippen molar-refractivity contribution in [2.45, 2.75) is 24.3 Å². The van der Waals surface area contributed by atoms with Crippen molar-refractivity contribution in [3.8, 4) is 0 Å². The molecular formula is C18H22ClN3O5S2. The number of sulfonamides is 2. The van der Waals surface area contributed by atoms with Gasteiger partial charge < -0.3 is 5.32 Å². The first-order valence-electron chi connectivity index (χ1n) is 8.48. The summed E-state index contributed by atoms with van der Waals surface area (Å²) in [6.45, 7) is 1.72. The van der Waals surface area contributed by atoms with Crippen LogP contribution in [-0.4, -0.2) is 36.0 Å². The molecule has 8 nitrogen and oxygen atoms in total. The number of benzene rings is 2. The predicted octanol–water partition coefficient (Wildman–Crippen LogP) is 2.18. The Kier molecular flexibility index (Phi) is 7.41. The summed E-state index contributed by atoms with van der Waals surface area (Å²) < 4.78 is 52.1. The summed E-state index contributed by atoms with van der Waals surface area (Å²) in [5.74, 6) is -0.483. The molecule has 0 aliphatic carbocycles. The molecule has 0 saturated heterocycles. The number of hydrogen-bond acceptors (Lipinski definition) is 5. The molecule has 0 saturated carbocycles. The van der Waals surface area contributed by atoms with E-state index in [1.165, 1.54) is 19.2 Å². The van der Waals surface area contributed by atoms with Gasteiger partial charge in [0.2, 0.25) is 26.0 Å². The minimum absolute atomic E-state index is 0.00409. The van der Waals surface area contributed by atoms with Crippen LogP contribution >= 0.6 is 11.6 Å². The highest BCUT2D eigenvalue weighted by Crippen LogP contribution is 2.23. The zero-order valence-corrected chi connectivity index (χ0v) is 18.5. The average Bonchev–Trinajstić information content (AvgIpc) is 2.62. The molecule has 0 fully saturated rings. The largest absolute Gasteiger partial charge is 0.326 e. The van der Waals surface area contributed by atoms with Crippen molar-refractivity contribution in [1.29, 1.82) is 0 Å². The van der Waals surface area contributed by atoms with Crippen molar-refractivity contribution in [1.82, 2.24) is 9.44 Å². The molecule has 0 spiro atoms. The van der Waals surface area contributed by atoms with Crippen LogP contribution in [0.3, 0.4) is 0 Å². The summed E-state index contributed by atoms with van der Waals surface area (Å²) in [6, 6.07) is 9.99. The Bertz CT molecular complexity index is 1100. The molecule has 11 heteroatoms. The van der Waals surface area contributed by atoms with Crippen LogP contribution in [0, 0.1) is 6.92 Å². The number of rotatable bonds is 8. The number of hydrogen-bond donors (Lipinski definition) is 3. The molecule has 0 heterocycles. The van der Waals surface area contributed by atoms with Crippen molar-refractivity contribution in [3.63, 3.8) is 0 Å². The van der Waals surface area contributed by atoms with Crippen LogP contribution in [0.4, 0.5) is 5.69 Å². The average molecular weight is 460 g/mol. The molecule has 2 aromatic rings. The van der Waals surface area contributed by atoms with E-state index in [-0.39, 0.29) is 11.3 Å². The molecule has 1 amide bonds. The molecule has 0 radical (unpaired) electrons. The highest BCUT2D eigenvalue weighted by molar-refractivity contribution is 7.89. The van der Waals surface area contributed by atoms with Gasteiger partial charge >= 0.3 is 0 Å². The lowest BCUT2D eigenvalue weighted by atomic mass is 10.0. The van der Waals surface area contributed by atoms with Crippen molar-refractivity contribution in [2.24, 2.45) is 0 Å². The Balaban J connectivity index is 2.26. The van der Waals surface area contributed by atoms with E-state index < -0.39 is 32.0 Å². The van der Waals surface area contributed by atoms with Gasteiger partial charge in [0.05, 0.1) is 17.2 Å². The summed E-state index contributed by atoms with van der Waals surface area (Å²) in [6.07, 6.45) is 0.807. The van der Waals surface area contributed by atoms with E-state index in [0.29, 0.717) is 21.8 Å². The number of nitrogens with one attached hydrogen (secondary N) is 3. The zero-order valence-electron chi connectivity index (χ0n) is 16.1. The fourth-order valence-electron chi connectivity index (χ4n) is 2.59. The van der Waals surface area contributed by atoms with E-state index in [4.69, 9.17) is 11.6 Å². The molecule has 3 N–H and O–H groups in total. The molecule has 0 aliphatic rings. The second-order valence-corrected chi connectivity index (χ2v) is 10.5. The highest BCUT2D eigenvalue weighted by Gasteiger charge is 2.21. The van der Waals surface area contributed by atoms with E-state index in [0.717, 1.165) is 6.26 Å². The quantitative estimate of drug-likeness (QED) is 0.558. The van der Waals surface area contributed by atoms with Crippen LogP contribution in [-0.2, 0) is 24.8 Å². The van der Waals surface area contributed by atoms with E-state index in [2.05, 4.69) is 14.8 Å². The number of carbonyl (C=O) groups excluding carboxylic acids is 1. The van der Waals surface area contributed by atoms with Gasteiger partial charge in [0.25, 0.3) is 0 Å². The van der Waals surface area contributed by atoms with Crippen LogP contribution in [0.15, 0.2) is 47.4 Å². The van der Waals surface area contributed by atoms with Crippen LogP contribution in [0.1, 0.15) is 23.6 Å². The van der Waals surface area contributed by atoms with Gasteiger partial charge in [-0.15, -0.1) is 0 Å². The molecule has 2 rings (SSSR count). The summed E-state index contributed by atoms with van der Waals surface area (Å²) in [7, 11) is -5.97. The van der Waals surface area contributed by atoms with Gasteiger partial charge in [0.1, 0.15) is 0 Å². The lowest BCUT2D eigenvalue weighted by Crippen LogP contribution is -2.30. The monoisotopic (exact) mass is 459 g/mol. The molecule has 0 bridgehead atoms. The zero-order chi connectivity index (χ0) is 21.8. The van der Waals surface area contributed by atoms with Crippen molar-refractivity contribution in [2.75, 3.05) is 18.6 Å². The SMILES string of the molecule is CNS(=O)(=O)c1ccc(C)c(NC(=O)CC(NS(C)(=O)=O)c2ccc(Cl)cc2)c1. The third-order valence-electron chi connectivity index (χ3n) is 4.08. The molecule has 1 atom stereocenters. The first-order chi connectivity index (χ1) is 13.4. The Morgan fingerprint density at radius 1 is 1.07 bits per heavy atom. The van der Waals surface area contributed by atoms with Crippen LogP contribution in [0.5, 0.6) is 0 Å². The fourth-order valence-corrected chi connectivity index (χ4v) is 4.21.